The highest BCUT2D eigenvalue weighted by Crippen LogP contribution is 2.34. The second-order valence-corrected chi connectivity index (χ2v) is 8.32. The van der Waals surface area contributed by atoms with E-state index >= 15 is 0 Å². The number of rotatable bonds is 6. The predicted octanol–water partition coefficient (Wildman–Crippen LogP) is 4.31. The van der Waals surface area contributed by atoms with Crippen molar-refractivity contribution in [1.82, 2.24) is 14.8 Å². The van der Waals surface area contributed by atoms with Crippen LogP contribution in [0.2, 0.25) is 0 Å². The minimum absolute atomic E-state index is 0.409. The Kier molecular flexibility index (Phi) is 5.82. The molecular weight excluding hydrogens is 448 g/mol. The van der Waals surface area contributed by atoms with E-state index in [1.165, 1.54) is 11.1 Å². The summed E-state index contributed by atoms with van der Waals surface area (Å²) >= 11 is 0. The van der Waals surface area contributed by atoms with E-state index in [0.717, 1.165) is 27.9 Å². The number of nitrogens with zero attached hydrogens (tertiary/aromatic N) is 4. The van der Waals surface area contributed by atoms with Crippen molar-refractivity contribution in [2.75, 3.05) is 6.61 Å². The molecule has 4 heterocycles. The number of fused-ring (bicyclic) bond motifs is 1. The molecule has 1 aliphatic heterocycles. The van der Waals surface area contributed by atoms with Crippen LogP contribution in [0.5, 0.6) is 0 Å². The smallest absolute Gasteiger partial charge is 0.331 e. The molecule has 35 heavy (non-hydrogen) atoms. The number of esters is 1. The second kappa shape index (κ2) is 9.09. The molecule has 0 spiro atoms. The molecule has 9 nitrogen and oxygen atoms in total. The van der Waals surface area contributed by atoms with E-state index in [0.29, 0.717) is 23.7 Å². The molecule has 0 fully saturated rings. The van der Waals surface area contributed by atoms with Crippen molar-refractivity contribution < 1.29 is 23.2 Å². The largest absolute Gasteiger partial charge is 0.467 e. The van der Waals surface area contributed by atoms with Gasteiger partial charge in [0.1, 0.15) is 23.1 Å². The van der Waals surface area contributed by atoms with Crippen molar-refractivity contribution >= 4 is 34.6 Å². The van der Waals surface area contributed by atoms with Gasteiger partial charge in [-0.25, -0.2) is 9.80 Å². The highest BCUT2D eigenvalue weighted by Gasteiger charge is 2.36. The standard InChI is InChI=1S/C26H24N4O5/c1-16-19(17(2)29(3)27-16)10-11-26(32)34-15-25(31)30-21(23-9-6-12-33-23)14-20(28-30)24-13-18-7-4-5-8-22(18)35-24/h4-13,21H,14-15H2,1-3H3. The number of furan rings is 2. The third-order valence-corrected chi connectivity index (χ3v) is 6.04. The van der Waals surface area contributed by atoms with Gasteiger partial charge < -0.3 is 13.6 Å². The van der Waals surface area contributed by atoms with Crippen LogP contribution in [-0.4, -0.2) is 39.0 Å². The lowest BCUT2D eigenvalue weighted by molar-refractivity contribution is -0.149. The van der Waals surface area contributed by atoms with Crippen LogP contribution >= 0.6 is 0 Å². The predicted molar refractivity (Wildman–Crippen MR) is 128 cm³/mol. The van der Waals surface area contributed by atoms with Crippen LogP contribution in [0.3, 0.4) is 0 Å². The molecule has 178 valence electrons. The van der Waals surface area contributed by atoms with Crippen LogP contribution in [-0.2, 0) is 21.4 Å². The van der Waals surface area contributed by atoms with Crippen LogP contribution in [0.15, 0.2) is 68.7 Å². The lowest BCUT2D eigenvalue weighted by Gasteiger charge is -2.19. The first-order valence-electron chi connectivity index (χ1n) is 11.2. The second-order valence-electron chi connectivity index (χ2n) is 8.32. The van der Waals surface area contributed by atoms with E-state index in [1.807, 2.05) is 51.2 Å². The van der Waals surface area contributed by atoms with E-state index in [-0.39, 0.29) is 0 Å². The summed E-state index contributed by atoms with van der Waals surface area (Å²) in [6.07, 6.45) is 4.89. The average Bonchev–Trinajstić information content (AvgIpc) is 3.63. The van der Waals surface area contributed by atoms with Crippen LogP contribution in [0.25, 0.3) is 17.0 Å². The summed E-state index contributed by atoms with van der Waals surface area (Å²) in [5.74, 6) is 0.0754. The minimum Gasteiger partial charge on any atom is -0.467 e. The Morgan fingerprint density at radius 2 is 2.03 bits per heavy atom. The van der Waals surface area contributed by atoms with E-state index in [2.05, 4.69) is 10.2 Å². The molecule has 1 amide bonds. The molecule has 9 heteroatoms. The van der Waals surface area contributed by atoms with E-state index < -0.39 is 24.5 Å². The van der Waals surface area contributed by atoms with Gasteiger partial charge in [0.05, 0.1) is 12.0 Å². The number of benzene rings is 1. The number of carbonyl (C=O) groups excluding carboxylic acids is 2. The van der Waals surface area contributed by atoms with Gasteiger partial charge in [0, 0.05) is 36.2 Å². The fourth-order valence-electron chi connectivity index (χ4n) is 4.15. The first-order chi connectivity index (χ1) is 16.9. The Hall–Kier alpha value is -4.40. The maximum absolute atomic E-state index is 13.0. The van der Waals surface area contributed by atoms with E-state index in [4.69, 9.17) is 13.6 Å². The van der Waals surface area contributed by atoms with Crippen molar-refractivity contribution in [2.24, 2.45) is 12.1 Å². The zero-order chi connectivity index (χ0) is 24.5. The molecule has 0 saturated carbocycles. The van der Waals surface area contributed by atoms with Crippen LogP contribution < -0.4 is 0 Å². The number of hydrogen-bond acceptors (Lipinski definition) is 7. The Labute approximate surface area is 201 Å². The molecule has 1 aliphatic rings. The number of ether oxygens (including phenoxy) is 1. The fourth-order valence-corrected chi connectivity index (χ4v) is 4.15. The van der Waals surface area contributed by atoms with Crippen molar-refractivity contribution in [3.63, 3.8) is 0 Å². The molecule has 1 unspecified atom stereocenters. The van der Waals surface area contributed by atoms with Crippen molar-refractivity contribution in [3.8, 4) is 0 Å². The summed E-state index contributed by atoms with van der Waals surface area (Å²) in [6.45, 7) is 3.32. The molecular formula is C26H24N4O5. The summed E-state index contributed by atoms with van der Waals surface area (Å²) in [4.78, 5) is 25.3. The fraction of sp³-hybridized carbons (Fsp3) is 0.231. The van der Waals surface area contributed by atoms with Gasteiger partial charge in [0.15, 0.2) is 12.4 Å². The number of para-hydroxylation sites is 1. The molecule has 0 bridgehead atoms. The van der Waals surface area contributed by atoms with Crippen molar-refractivity contribution in [2.45, 2.75) is 26.3 Å². The number of hydrazone groups is 1. The van der Waals surface area contributed by atoms with Gasteiger partial charge in [0.2, 0.25) is 0 Å². The van der Waals surface area contributed by atoms with Gasteiger partial charge >= 0.3 is 5.97 Å². The molecule has 0 saturated heterocycles. The van der Waals surface area contributed by atoms with E-state index in [1.54, 1.807) is 29.2 Å². The molecule has 4 aromatic rings. The van der Waals surface area contributed by atoms with Gasteiger partial charge in [-0.15, -0.1) is 0 Å². The molecule has 3 aromatic heterocycles. The van der Waals surface area contributed by atoms with Gasteiger partial charge in [-0.05, 0) is 44.2 Å². The topological polar surface area (TPSA) is 103 Å². The van der Waals surface area contributed by atoms with Gasteiger partial charge in [-0.2, -0.15) is 10.2 Å². The highest BCUT2D eigenvalue weighted by molar-refractivity contribution is 6.03. The number of hydrogen-bond donors (Lipinski definition) is 0. The summed E-state index contributed by atoms with van der Waals surface area (Å²) < 4.78 is 18.4. The Balaban J connectivity index is 1.31. The third-order valence-electron chi connectivity index (χ3n) is 6.04. The Bertz CT molecular complexity index is 1430. The van der Waals surface area contributed by atoms with Gasteiger partial charge in [0.25, 0.3) is 5.91 Å². The summed E-state index contributed by atoms with van der Waals surface area (Å²) in [7, 11) is 1.84. The first-order valence-corrected chi connectivity index (χ1v) is 11.2. The molecule has 5 rings (SSSR count). The minimum atomic E-state index is -0.628. The Morgan fingerprint density at radius 1 is 1.20 bits per heavy atom. The normalized spacial score (nSPS) is 15.8. The molecule has 0 radical (unpaired) electrons. The number of aryl methyl sites for hydroxylation is 2. The third kappa shape index (κ3) is 4.40. The number of carbonyl (C=O) groups is 2. The molecule has 0 aliphatic carbocycles. The maximum Gasteiger partial charge on any atom is 0.331 e. The number of aromatic nitrogens is 2. The highest BCUT2D eigenvalue weighted by atomic mass is 16.5. The quantitative estimate of drug-likeness (QED) is 0.306. The van der Waals surface area contributed by atoms with E-state index in [9.17, 15) is 9.59 Å². The monoisotopic (exact) mass is 472 g/mol. The summed E-state index contributed by atoms with van der Waals surface area (Å²) in [5, 5.41) is 11.1. The first kappa shape index (κ1) is 22.4. The summed E-state index contributed by atoms with van der Waals surface area (Å²) in [6, 6.07) is 12.6. The lowest BCUT2D eigenvalue weighted by Crippen LogP contribution is -2.31. The lowest BCUT2D eigenvalue weighted by atomic mass is 10.1. The maximum atomic E-state index is 13.0. The average molecular weight is 473 g/mol. The Morgan fingerprint density at radius 3 is 2.74 bits per heavy atom. The molecule has 0 N–H and O–H groups in total. The van der Waals surface area contributed by atoms with Crippen LogP contribution in [0.1, 0.15) is 40.9 Å². The summed E-state index contributed by atoms with van der Waals surface area (Å²) in [5.41, 5.74) is 3.92. The van der Waals surface area contributed by atoms with Crippen molar-refractivity contribution in [3.05, 3.63) is 83.3 Å². The van der Waals surface area contributed by atoms with Crippen LogP contribution in [0.4, 0.5) is 0 Å². The van der Waals surface area contributed by atoms with Crippen LogP contribution in [0, 0.1) is 13.8 Å². The zero-order valence-corrected chi connectivity index (χ0v) is 19.6. The molecule has 1 atom stereocenters. The SMILES string of the molecule is Cc1nn(C)c(C)c1C=CC(=O)OCC(=O)N1N=C(c2cc3ccccc3o2)CC1c1ccco1. The number of amides is 1. The van der Waals surface area contributed by atoms with Crippen molar-refractivity contribution in [1.29, 1.82) is 0 Å². The molecule has 1 aromatic carbocycles. The van der Waals surface area contributed by atoms with Gasteiger partial charge in [-0.3, -0.25) is 9.48 Å². The van der Waals surface area contributed by atoms with Gasteiger partial charge in [-0.1, -0.05) is 18.2 Å². The zero-order valence-electron chi connectivity index (χ0n) is 19.6.